The molecule has 8 nitrogen and oxygen atoms in total. The second-order valence-electron chi connectivity index (χ2n) is 9.56. The summed E-state index contributed by atoms with van der Waals surface area (Å²) >= 11 is 0. The van der Waals surface area contributed by atoms with E-state index >= 15 is 0 Å². The average Bonchev–Trinajstić information content (AvgIpc) is 3.50. The molecule has 3 aliphatic rings. The molecular formula is C27H24N4O4. The number of ether oxygens (including phenoxy) is 1. The average molecular weight is 469 g/mol. The standard InChI is InChI=1S/C27H24N4O4/c1-17(32)30-20-4-2-3-18(13-20)23-6-5-19(14-29-23)26(8-9-26)25(34)31-12-10-27(16-31)22-7-11-28-15-21(22)24(33)35-27/h2-7,11,13-15H,8-10,12,16H2,1H3,(H,30,32). The zero-order chi connectivity index (χ0) is 24.2. The zero-order valence-electron chi connectivity index (χ0n) is 19.3. The molecule has 1 unspecified atom stereocenters. The topological polar surface area (TPSA) is 101 Å². The lowest BCUT2D eigenvalue weighted by molar-refractivity contribution is -0.134. The van der Waals surface area contributed by atoms with E-state index in [2.05, 4.69) is 15.3 Å². The Kier molecular flexibility index (Phi) is 4.74. The van der Waals surface area contributed by atoms with E-state index in [1.807, 2.05) is 47.4 Å². The molecule has 3 aromatic rings. The summed E-state index contributed by atoms with van der Waals surface area (Å²) in [5, 5.41) is 2.78. The summed E-state index contributed by atoms with van der Waals surface area (Å²) in [6.45, 7) is 2.37. The molecule has 8 heteroatoms. The van der Waals surface area contributed by atoms with Gasteiger partial charge in [0.25, 0.3) is 0 Å². The van der Waals surface area contributed by atoms with Crippen LogP contribution in [0.25, 0.3) is 11.3 Å². The van der Waals surface area contributed by atoms with E-state index in [0.29, 0.717) is 30.8 Å². The lowest BCUT2D eigenvalue weighted by Gasteiger charge is -2.26. The third-order valence-corrected chi connectivity index (χ3v) is 7.29. The van der Waals surface area contributed by atoms with Crippen molar-refractivity contribution in [3.63, 3.8) is 0 Å². The van der Waals surface area contributed by atoms with Crippen molar-refractivity contribution in [1.82, 2.24) is 14.9 Å². The SMILES string of the molecule is CC(=O)Nc1cccc(-c2ccc(C3(C(=O)N4CCC5(C4)OC(=O)c4cnccc45)CC3)cn2)c1. The van der Waals surface area contributed by atoms with E-state index in [0.717, 1.165) is 35.2 Å². The van der Waals surface area contributed by atoms with Gasteiger partial charge in [-0.3, -0.25) is 19.6 Å². The molecule has 1 atom stereocenters. The van der Waals surface area contributed by atoms with E-state index in [1.165, 1.54) is 6.92 Å². The highest BCUT2D eigenvalue weighted by atomic mass is 16.6. The fourth-order valence-electron chi connectivity index (χ4n) is 5.36. The van der Waals surface area contributed by atoms with Crippen LogP contribution in [0.3, 0.4) is 0 Å². The number of esters is 1. The first kappa shape index (κ1) is 21.5. The number of aromatic nitrogens is 2. The number of anilines is 1. The second-order valence-corrected chi connectivity index (χ2v) is 9.56. The summed E-state index contributed by atoms with van der Waals surface area (Å²) in [6, 6.07) is 13.2. The van der Waals surface area contributed by atoms with E-state index in [1.54, 1.807) is 18.6 Å². The highest BCUT2D eigenvalue weighted by molar-refractivity contribution is 5.95. The molecule has 2 amide bonds. The third kappa shape index (κ3) is 3.48. The van der Waals surface area contributed by atoms with Gasteiger partial charge in [0.1, 0.15) is 0 Å². The van der Waals surface area contributed by atoms with E-state index in [9.17, 15) is 14.4 Å². The Hall–Kier alpha value is -4.07. The molecule has 1 saturated carbocycles. The molecule has 1 aromatic carbocycles. The van der Waals surface area contributed by atoms with Crippen molar-refractivity contribution in [3.05, 3.63) is 77.7 Å². The normalized spacial score (nSPS) is 21.5. The van der Waals surface area contributed by atoms with Crippen LogP contribution in [0.4, 0.5) is 5.69 Å². The van der Waals surface area contributed by atoms with Crippen molar-refractivity contribution in [1.29, 1.82) is 0 Å². The molecule has 176 valence electrons. The van der Waals surface area contributed by atoms with Crippen molar-refractivity contribution >= 4 is 23.5 Å². The number of likely N-dealkylation sites (tertiary alicyclic amines) is 1. The second kappa shape index (κ2) is 7.73. The summed E-state index contributed by atoms with van der Waals surface area (Å²) in [7, 11) is 0. The first-order valence-corrected chi connectivity index (χ1v) is 11.7. The number of amides is 2. The molecular weight excluding hydrogens is 444 g/mol. The number of fused-ring (bicyclic) bond motifs is 2. The number of hydrogen-bond acceptors (Lipinski definition) is 6. The highest BCUT2D eigenvalue weighted by Gasteiger charge is 2.58. The Labute approximate surface area is 202 Å². The van der Waals surface area contributed by atoms with Crippen LogP contribution in [0.15, 0.2) is 61.1 Å². The Bertz CT molecular complexity index is 1370. The summed E-state index contributed by atoms with van der Waals surface area (Å²) in [4.78, 5) is 47.9. The monoisotopic (exact) mass is 468 g/mol. The van der Waals surface area contributed by atoms with Crippen LogP contribution in [0.2, 0.25) is 0 Å². The molecule has 35 heavy (non-hydrogen) atoms. The summed E-state index contributed by atoms with van der Waals surface area (Å²) in [6.07, 6.45) is 7.11. The molecule has 2 aromatic heterocycles. The zero-order valence-corrected chi connectivity index (χ0v) is 19.3. The molecule has 6 rings (SSSR count). The Morgan fingerprint density at radius 1 is 1.09 bits per heavy atom. The van der Waals surface area contributed by atoms with Gasteiger partial charge in [0, 0.05) is 55.3 Å². The van der Waals surface area contributed by atoms with E-state index < -0.39 is 11.0 Å². The number of pyridine rings is 2. The predicted molar refractivity (Wildman–Crippen MR) is 127 cm³/mol. The maximum Gasteiger partial charge on any atom is 0.341 e. The number of carbonyl (C=O) groups excluding carboxylic acids is 3. The molecule has 2 aliphatic heterocycles. The fraction of sp³-hybridized carbons (Fsp3) is 0.296. The summed E-state index contributed by atoms with van der Waals surface area (Å²) < 4.78 is 5.79. The first-order valence-electron chi connectivity index (χ1n) is 11.7. The van der Waals surface area contributed by atoms with Gasteiger partial charge in [0.2, 0.25) is 11.8 Å². The summed E-state index contributed by atoms with van der Waals surface area (Å²) in [5.74, 6) is -0.433. The maximum atomic E-state index is 13.7. The van der Waals surface area contributed by atoms with Crippen molar-refractivity contribution in [3.8, 4) is 11.3 Å². The van der Waals surface area contributed by atoms with Crippen molar-refractivity contribution in [2.75, 3.05) is 18.4 Å². The minimum absolute atomic E-state index is 0.0649. The van der Waals surface area contributed by atoms with Gasteiger partial charge in [-0.05, 0) is 42.7 Å². The largest absolute Gasteiger partial charge is 0.449 e. The maximum absolute atomic E-state index is 13.7. The lowest BCUT2D eigenvalue weighted by atomic mass is 9.92. The third-order valence-electron chi connectivity index (χ3n) is 7.29. The van der Waals surface area contributed by atoms with Gasteiger partial charge >= 0.3 is 5.97 Å². The Morgan fingerprint density at radius 3 is 2.69 bits per heavy atom. The molecule has 0 radical (unpaired) electrons. The van der Waals surface area contributed by atoms with Gasteiger partial charge in [-0.1, -0.05) is 18.2 Å². The van der Waals surface area contributed by atoms with Crippen LogP contribution < -0.4 is 5.32 Å². The quantitative estimate of drug-likeness (QED) is 0.589. The van der Waals surface area contributed by atoms with Crippen molar-refractivity contribution in [2.24, 2.45) is 0 Å². The first-order chi connectivity index (χ1) is 16.9. The summed E-state index contributed by atoms with van der Waals surface area (Å²) in [5.41, 5.74) is 3.24. The van der Waals surface area contributed by atoms with Crippen LogP contribution in [0.1, 0.15) is 47.7 Å². The van der Waals surface area contributed by atoms with E-state index in [-0.39, 0.29) is 17.8 Å². The van der Waals surface area contributed by atoms with Crippen molar-refractivity contribution < 1.29 is 19.1 Å². The van der Waals surface area contributed by atoms with Gasteiger partial charge in [-0.25, -0.2) is 4.79 Å². The van der Waals surface area contributed by atoms with Gasteiger partial charge < -0.3 is 15.0 Å². The molecule has 1 spiro atoms. The van der Waals surface area contributed by atoms with Gasteiger partial charge in [0.05, 0.1) is 23.2 Å². The number of carbonyl (C=O) groups is 3. The van der Waals surface area contributed by atoms with Crippen LogP contribution >= 0.6 is 0 Å². The smallest absolute Gasteiger partial charge is 0.341 e. The van der Waals surface area contributed by atoms with Crippen LogP contribution in [-0.2, 0) is 25.3 Å². The lowest BCUT2D eigenvalue weighted by Crippen LogP contribution is -2.40. The highest BCUT2D eigenvalue weighted by Crippen LogP contribution is 2.52. The molecule has 1 saturated heterocycles. The van der Waals surface area contributed by atoms with E-state index in [4.69, 9.17) is 4.74 Å². The molecule has 4 heterocycles. The number of rotatable bonds is 4. The van der Waals surface area contributed by atoms with Crippen LogP contribution in [-0.4, -0.2) is 45.7 Å². The van der Waals surface area contributed by atoms with Crippen LogP contribution in [0.5, 0.6) is 0 Å². The van der Waals surface area contributed by atoms with Crippen molar-refractivity contribution in [2.45, 2.75) is 37.2 Å². The molecule has 1 aliphatic carbocycles. The number of nitrogens with one attached hydrogen (secondary N) is 1. The van der Waals surface area contributed by atoms with Gasteiger partial charge in [-0.15, -0.1) is 0 Å². The Balaban J connectivity index is 1.21. The number of hydrogen-bond donors (Lipinski definition) is 1. The minimum atomic E-state index is -0.776. The van der Waals surface area contributed by atoms with Gasteiger partial charge in [-0.2, -0.15) is 0 Å². The van der Waals surface area contributed by atoms with Crippen LogP contribution in [0, 0.1) is 0 Å². The Morgan fingerprint density at radius 2 is 1.94 bits per heavy atom. The fourth-order valence-corrected chi connectivity index (χ4v) is 5.36. The minimum Gasteiger partial charge on any atom is -0.449 e. The predicted octanol–water partition coefficient (Wildman–Crippen LogP) is 3.43. The molecule has 2 fully saturated rings. The molecule has 1 N–H and O–H groups in total. The number of benzene rings is 1. The number of nitrogens with zero attached hydrogens (tertiary/aromatic N) is 3. The molecule has 0 bridgehead atoms. The van der Waals surface area contributed by atoms with Gasteiger partial charge in [0.15, 0.2) is 5.60 Å².